The van der Waals surface area contributed by atoms with Crippen molar-refractivity contribution in [2.75, 3.05) is 32.7 Å². The number of hydrogen-bond acceptors (Lipinski definition) is 5. The van der Waals surface area contributed by atoms with Crippen LogP contribution >= 0.6 is 0 Å². The molecular formula is C28H37F2N3O2. The maximum Gasteiger partial charge on any atom is 0.302 e. The minimum Gasteiger partial charge on any atom is -0.508 e. The highest BCUT2D eigenvalue weighted by Gasteiger charge is 2.60. The highest BCUT2D eigenvalue weighted by Crippen LogP contribution is 2.53. The second kappa shape index (κ2) is 9.09. The van der Waals surface area contributed by atoms with Gasteiger partial charge in [-0.05, 0) is 100 Å². The molecule has 3 fully saturated rings. The van der Waals surface area contributed by atoms with Crippen molar-refractivity contribution >= 4 is 0 Å². The smallest absolute Gasteiger partial charge is 0.302 e. The number of aromatic hydroxyl groups is 1. The van der Waals surface area contributed by atoms with Gasteiger partial charge in [-0.15, -0.1) is 0 Å². The number of phenols is 1. The van der Waals surface area contributed by atoms with Crippen LogP contribution in [-0.4, -0.2) is 69.4 Å². The summed E-state index contributed by atoms with van der Waals surface area (Å²) in [5.74, 6) is -2.19. The lowest BCUT2D eigenvalue weighted by molar-refractivity contribution is -0.136. The Balaban J connectivity index is 1.48. The molecule has 2 saturated heterocycles. The zero-order valence-electron chi connectivity index (χ0n) is 20.8. The molecule has 35 heavy (non-hydrogen) atoms. The average Bonchev–Trinajstić information content (AvgIpc) is 3.67. The standard InChI is InChI=1S/C28H37F2N3O2/c1-20-6-9-23(34)17-24(20)26-10-14-32(19-28(29,30)25-5-3-4-13-31-25)15-12-27(26,35)21(2)33(16-11-26)18-22-7-8-22/h3-6,9,13,17,21-22,34-35H,7-8,10-12,14-16,18-19H2,1-2H3. The molecule has 2 N–H and O–H groups in total. The van der Waals surface area contributed by atoms with Gasteiger partial charge in [0.2, 0.25) is 0 Å². The number of likely N-dealkylation sites (tertiary alicyclic amines) is 2. The maximum atomic E-state index is 15.2. The number of pyridine rings is 1. The first-order chi connectivity index (χ1) is 16.6. The predicted octanol–water partition coefficient (Wildman–Crippen LogP) is 4.46. The fraction of sp³-hybridized carbons (Fsp3) is 0.607. The molecule has 3 atom stereocenters. The number of aromatic nitrogens is 1. The van der Waals surface area contributed by atoms with Crippen molar-refractivity contribution in [1.82, 2.24) is 14.8 Å². The van der Waals surface area contributed by atoms with Crippen LogP contribution in [0.3, 0.4) is 0 Å². The van der Waals surface area contributed by atoms with Gasteiger partial charge in [-0.3, -0.25) is 14.8 Å². The second-order valence-electron chi connectivity index (χ2n) is 11.1. The third-order valence-corrected chi connectivity index (χ3v) is 8.95. The number of fused-ring (bicyclic) bond motifs is 1. The van der Waals surface area contributed by atoms with Crippen molar-refractivity contribution in [2.45, 2.75) is 68.9 Å². The van der Waals surface area contributed by atoms with Crippen LogP contribution in [0.2, 0.25) is 0 Å². The first-order valence-electron chi connectivity index (χ1n) is 12.9. The van der Waals surface area contributed by atoms with Crippen molar-refractivity contribution in [3.8, 4) is 5.75 Å². The van der Waals surface area contributed by atoms with E-state index in [9.17, 15) is 10.2 Å². The summed E-state index contributed by atoms with van der Waals surface area (Å²) < 4.78 is 30.3. The third-order valence-electron chi connectivity index (χ3n) is 8.95. The van der Waals surface area contributed by atoms with E-state index in [0.29, 0.717) is 31.8 Å². The molecule has 190 valence electrons. The van der Waals surface area contributed by atoms with E-state index in [0.717, 1.165) is 30.6 Å². The number of rotatable bonds is 6. The largest absolute Gasteiger partial charge is 0.508 e. The number of hydrogen-bond donors (Lipinski definition) is 2. The van der Waals surface area contributed by atoms with E-state index in [1.165, 1.54) is 25.1 Å². The molecule has 0 spiro atoms. The van der Waals surface area contributed by atoms with Gasteiger partial charge in [-0.2, -0.15) is 8.78 Å². The van der Waals surface area contributed by atoms with E-state index < -0.39 is 23.5 Å². The third kappa shape index (κ3) is 4.47. The Morgan fingerprint density at radius 1 is 1.09 bits per heavy atom. The molecule has 1 aromatic carbocycles. The van der Waals surface area contributed by atoms with E-state index in [1.807, 2.05) is 13.0 Å². The second-order valence-corrected chi connectivity index (χ2v) is 11.1. The fourth-order valence-electron chi connectivity index (χ4n) is 6.63. The van der Waals surface area contributed by atoms with Gasteiger partial charge >= 0.3 is 5.92 Å². The van der Waals surface area contributed by atoms with Gasteiger partial charge in [0.25, 0.3) is 0 Å². The lowest BCUT2D eigenvalue weighted by Crippen LogP contribution is -2.68. The first-order valence-corrected chi connectivity index (χ1v) is 12.9. The van der Waals surface area contributed by atoms with Crippen molar-refractivity contribution in [1.29, 1.82) is 0 Å². The number of alkyl halides is 2. The number of nitrogens with zero attached hydrogens (tertiary/aromatic N) is 3. The van der Waals surface area contributed by atoms with Crippen LogP contribution < -0.4 is 0 Å². The molecule has 3 unspecified atom stereocenters. The van der Waals surface area contributed by atoms with E-state index in [1.54, 1.807) is 29.2 Å². The Morgan fingerprint density at radius 2 is 1.83 bits per heavy atom. The average molecular weight is 486 g/mol. The maximum absolute atomic E-state index is 15.2. The van der Waals surface area contributed by atoms with Crippen molar-refractivity contribution in [3.63, 3.8) is 0 Å². The number of aryl methyl sites for hydroxylation is 1. The summed E-state index contributed by atoms with van der Waals surface area (Å²) in [5.41, 5.74) is 0.0633. The number of benzene rings is 1. The summed E-state index contributed by atoms with van der Waals surface area (Å²) >= 11 is 0. The molecule has 0 amide bonds. The molecule has 2 aliphatic heterocycles. The van der Waals surface area contributed by atoms with Gasteiger partial charge in [-0.1, -0.05) is 12.1 Å². The minimum atomic E-state index is -3.07. The Labute approximate surface area is 206 Å². The van der Waals surface area contributed by atoms with Crippen LogP contribution in [0.5, 0.6) is 5.75 Å². The Bertz CT molecular complexity index is 1050. The first kappa shape index (κ1) is 24.6. The van der Waals surface area contributed by atoms with Crippen LogP contribution in [0, 0.1) is 12.8 Å². The molecule has 1 aromatic heterocycles. The molecule has 1 aliphatic carbocycles. The number of aliphatic hydroxyl groups is 1. The zero-order chi connectivity index (χ0) is 24.8. The fourth-order valence-corrected chi connectivity index (χ4v) is 6.63. The lowest BCUT2D eigenvalue weighted by atomic mass is 9.57. The molecule has 2 aromatic rings. The summed E-state index contributed by atoms with van der Waals surface area (Å²) in [6.07, 6.45) is 5.61. The quantitative estimate of drug-likeness (QED) is 0.633. The van der Waals surface area contributed by atoms with Gasteiger partial charge in [0.15, 0.2) is 0 Å². The summed E-state index contributed by atoms with van der Waals surface area (Å²) in [6.45, 7) is 6.39. The van der Waals surface area contributed by atoms with Gasteiger partial charge in [0.1, 0.15) is 11.4 Å². The summed E-state index contributed by atoms with van der Waals surface area (Å²) in [6, 6.07) is 9.88. The van der Waals surface area contributed by atoms with E-state index >= 15 is 8.78 Å². The van der Waals surface area contributed by atoms with Crippen molar-refractivity contribution < 1.29 is 19.0 Å². The molecule has 1 saturated carbocycles. The molecule has 3 heterocycles. The Kier molecular flexibility index (Phi) is 6.39. The van der Waals surface area contributed by atoms with Crippen LogP contribution in [0.4, 0.5) is 8.78 Å². The minimum absolute atomic E-state index is 0.102. The SMILES string of the molecule is Cc1ccc(O)cc1C12CCN(CC(F)(F)c3ccccn3)CCC1(O)C(C)N(CC1CC1)CC2. The van der Waals surface area contributed by atoms with E-state index in [2.05, 4.69) is 16.8 Å². The molecular weight excluding hydrogens is 448 g/mol. The Hall–Kier alpha value is -2.09. The molecule has 0 bridgehead atoms. The zero-order valence-corrected chi connectivity index (χ0v) is 20.8. The Morgan fingerprint density at radius 3 is 2.54 bits per heavy atom. The molecule has 0 radical (unpaired) electrons. The van der Waals surface area contributed by atoms with E-state index in [-0.39, 0.29) is 17.5 Å². The van der Waals surface area contributed by atoms with Crippen LogP contribution in [0.15, 0.2) is 42.6 Å². The molecule has 5 rings (SSSR count). The number of piperidine rings is 1. The molecule has 7 heteroatoms. The number of halogens is 2. The van der Waals surface area contributed by atoms with Crippen LogP contribution in [0.25, 0.3) is 0 Å². The molecule has 5 nitrogen and oxygen atoms in total. The van der Waals surface area contributed by atoms with Gasteiger partial charge in [-0.25, -0.2) is 0 Å². The summed E-state index contributed by atoms with van der Waals surface area (Å²) in [5, 5.41) is 22.9. The van der Waals surface area contributed by atoms with Gasteiger partial charge < -0.3 is 10.2 Å². The highest BCUT2D eigenvalue weighted by atomic mass is 19.3. The van der Waals surface area contributed by atoms with Gasteiger partial charge in [0, 0.05) is 30.7 Å². The van der Waals surface area contributed by atoms with Gasteiger partial charge in [0.05, 0.1) is 12.1 Å². The number of phenolic OH excluding ortho intramolecular Hbond substituents is 1. The van der Waals surface area contributed by atoms with Crippen LogP contribution in [-0.2, 0) is 11.3 Å². The summed E-state index contributed by atoms with van der Waals surface area (Å²) in [4.78, 5) is 8.11. The predicted molar refractivity (Wildman–Crippen MR) is 132 cm³/mol. The van der Waals surface area contributed by atoms with E-state index in [4.69, 9.17) is 0 Å². The summed E-state index contributed by atoms with van der Waals surface area (Å²) in [7, 11) is 0. The molecule has 3 aliphatic rings. The van der Waals surface area contributed by atoms with Crippen LogP contribution in [0.1, 0.15) is 55.8 Å². The monoisotopic (exact) mass is 485 g/mol. The van der Waals surface area contributed by atoms with Crippen molar-refractivity contribution in [3.05, 3.63) is 59.4 Å². The lowest BCUT2D eigenvalue weighted by Gasteiger charge is -2.58. The van der Waals surface area contributed by atoms with Crippen molar-refractivity contribution in [2.24, 2.45) is 5.92 Å². The normalized spacial score (nSPS) is 30.6. The topological polar surface area (TPSA) is 59.8 Å². The highest BCUT2D eigenvalue weighted by molar-refractivity contribution is 5.43.